The van der Waals surface area contributed by atoms with Crippen LogP contribution in [-0.4, -0.2) is 31.1 Å². The van der Waals surface area contributed by atoms with Gasteiger partial charge in [-0.05, 0) is 19.0 Å². The molecule has 1 fully saturated rings. The van der Waals surface area contributed by atoms with Crippen LogP contribution in [-0.2, 0) is 0 Å². The summed E-state index contributed by atoms with van der Waals surface area (Å²) >= 11 is 6.08. The zero-order valence-electron chi connectivity index (χ0n) is 9.52. The van der Waals surface area contributed by atoms with Gasteiger partial charge in [0.2, 0.25) is 0 Å². The van der Waals surface area contributed by atoms with Crippen molar-refractivity contribution in [3.8, 4) is 0 Å². The molecule has 0 saturated carbocycles. The summed E-state index contributed by atoms with van der Waals surface area (Å²) in [5, 5.41) is 14.3. The summed E-state index contributed by atoms with van der Waals surface area (Å²) in [6.45, 7) is 1.92. The summed E-state index contributed by atoms with van der Waals surface area (Å²) in [6, 6.07) is 4.99. The second kappa shape index (κ2) is 4.89. The molecule has 0 bridgehead atoms. The lowest BCUT2D eigenvalue weighted by Crippen LogP contribution is -2.33. The van der Waals surface area contributed by atoms with Crippen LogP contribution in [0.1, 0.15) is 6.42 Å². The smallest absolute Gasteiger partial charge is 0.271 e. The second-order valence-electron chi connectivity index (χ2n) is 4.15. The monoisotopic (exact) mass is 255 g/mol. The largest absolute Gasteiger partial charge is 0.369 e. The van der Waals surface area contributed by atoms with E-state index in [1.54, 1.807) is 6.07 Å². The molecule has 0 aliphatic carbocycles. The van der Waals surface area contributed by atoms with Crippen molar-refractivity contribution in [2.75, 3.05) is 25.0 Å². The van der Waals surface area contributed by atoms with E-state index in [9.17, 15) is 10.1 Å². The van der Waals surface area contributed by atoms with Gasteiger partial charge < -0.3 is 10.2 Å². The minimum atomic E-state index is -0.438. The molecule has 1 N–H and O–H groups in total. The molecule has 1 atom stereocenters. The summed E-state index contributed by atoms with van der Waals surface area (Å²) in [5.41, 5.74) is 0.864. The Kier molecular flexibility index (Phi) is 3.49. The van der Waals surface area contributed by atoms with Gasteiger partial charge in [0.25, 0.3) is 5.69 Å². The van der Waals surface area contributed by atoms with Crippen molar-refractivity contribution in [2.45, 2.75) is 12.5 Å². The molecule has 1 aromatic carbocycles. The van der Waals surface area contributed by atoms with E-state index in [0.29, 0.717) is 11.1 Å². The van der Waals surface area contributed by atoms with E-state index in [-0.39, 0.29) is 5.69 Å². The number of non-ortho nitro benzene ring substituents is 1. The van der Waals surface area contributed by atoms with Crippen LogP contribution in [0.4, 0.5) is 11.4 Å². The van der Waals surface area contributed by atoms with Crippen molar-refractivity contribution >= 4 is 23.0 Å². The van der Waals surface area contributed by atoms with Gasteiger partial charge in [0.05, 0.1) is 15.6 Å². The van der Waals surface area contributed by atoms with Crippen LogP contribution < -0.4 is 10.2 Å². The molecule has 1 aliphatic heterocycles. The summed E-state index contributed by atoms with van der Waals surface area (Å²) < 4.78 is 0. The first-order valence-electron chi connectivity index (χ1n) is 5.47. The number of hydrogen-bond donors (Lipinski definition) is 1. The van der Waals surface area contributed by atoms with Gasteiger partial charge in [-0.1, -0.05) is 11.6 Å². The third-order valence-electron chi connectivity index (χ3n) is 3.10. The Bertz CT molecular complexity index is 433. The molecule has 1 unspecified atom stereocenters. The van der Waals surface area contributed by atoms with Crippen molar-refractivity contribution in [3.05, 3.63) is 33.3 Å². The second-order valence-corrected chi connectivity index (χ2v) is 4.56. The average molecular weight is 256 g/mol. The van der Waals surface area contributed by atoms with Crippen LogP contribution in [0.25, 0.3) is 0 Å². The minimum absolute atomic E-state index is 0.0247. The number of nitrogens with one attached hydrogen (secondary N) is 1. The summed E-state index contributed by atoms with van der Waals surface area (Å²) in [5.74, 6) is 0. The Morgan fingerprint density at radius 2 is 2.35 bits per heavy atom. The molecule has 1 aliphatic rings. The molecular formula is C11H14ClN3O2. The Morgan fingerprint density at radius 3 is 2.88 bits per heavy atom. The predicted molar refractivity (Wildman–Crippen MR) is 67.8 cm³/mol. The van der Waals surface area contributed by atoms with E-state index in [1.807, 2.05) is 7.05 Å². The molecule has 6 heteroatoms. The van der Waals surface area contributed by atoms with E-state index in [4.69, 9.17) is 11.6 Å². The molecule has 0 spiro atoms. The first-order chi connectivity index (χ1) is 8.09. The number of anilines is 1. The molecule has 1 aromatic rings. The fourth-order valence-corrected chi connectivity index (χ4v) is 2.37. The fourth-order valence-electron chi connectivity index (χ4n) is 2.06. The quantitative estimate of drug-likeness (QED) is 0.663. The van der Waals surface area contributed by atoms with Gasteiger partial charge in [-0.3, -0.25) is 10.1 Å². The van der Waals surface area contributed by atoms with E-state index in [2.05, 4.69) is 10.2 Å². The van der Waals surface area contributed by atoms with Crippen LogP contribution in [0.2, 0.25) is 5.02 Å². The highest BCUT2D eigenvalue weighted by Gasteiger charge is 2.21. The molecule has 0 radical (unpaired) electrons. The Labute approximate surface area is 105 Å². The molecule has 1 saturated heterocycles. The van der Waals surface area contributed by atoms with Gasteiger partial charge in [0.1, 0.15) is 0 Å². The molecule has 5 nitrogen and oxygen atoms in total. The molecule has 2 rings (SSSR count). The fraction of sp³-hybridized carbons (Fsp3) is 0.455. The molecule has 0 amide bonds. The van der Waals surface area contributed by atoms with E-state index < -0.39 is 4.92 Å². The van der Waals surface area contributed by atoms with Gasteiger partial charge in [0, 0.05) is 31.8 Å². The Balaban J connectivity index is 2.23. The lowest BCUT2D eigenvalue weighted by atomic mass is 10.2. The summed E-state index contributed by atoms with van der Waals surface area (Å²) in [7, 11) is 1.96. The van der Waals surface area contributed by atoms with Crippen molar-refractivity contribution in [3.63, 3.8) is 0 Å². The highest BCUT2D eigenvalue weighted by Crippen LogP contribution is 2.30. The van der Waals surface area contributed by atoms with Crippen molar-refractivity contribution < 1.29 is 4.92 Å². The molecule has 0 aromatic heterocycles. The number of rotatable bonds is 3. The standard InChI is InChI=1S/C11H14ClN3O2/c1-14(9-4-5-13-7-9)11-3-2-8(15(16)17)6-10(11)12/h2-3,6,9,13H,4-5,7H2,1H3. The topological polar surface area (TPSA) is 58.4 Å². The molecular weight excluding hydrogens is 242 g/mol. The van der Waals surface area contributed by atoms with E-state index in [0.717, 1.165) is 25.2 Å². The molecule has 17 heavy (non-hydrogen) atoms. The van der Waals surface area contributed by atoms with Gasteiger partial charge in [0.15, 0.2) is 0 Å². The zero-order valence-corrected chi connectivity index (χ0v) is 10.3. The van der Waals surface area contributed by atoms with Crippen LogP contribution in [0.5, 0.6) is 0 Å². The lowest BCUT2D eigenvalue weighted by molar-refractivity contribution is -0.384. The minimum Gasteiger partial charge on any atom is -0.369 e. The SMILES string of the molecule is CN(c1ccc([N+](=O)[O-])cc1Cl)C1CCNC1. The van der Waals surface area contributed by atoms with E-state index >= 15 is 0 Å². The number of nitrogens with zero attached hydrogens (tertiary/aromatic N) is 2. The van der Waals surface area contributed by atoms with Gasteiger partial charge in [-0.2, -0.15) is 0 Å². The zero-order chi connectivity index (χ0) is 12.4. The Hall–Kier alpha value is -1.33. The normalized spacial score (nSPS) is 19.3. The van der Waals surface area contributed by atoms with Gasteiger partial charge in [-0.15, -0.1) is 0 Å². The van der Waals surface area contributed by atoms with Gasteiger partial charge in [-0.25, -0.2) is 0 Å². The van der Waals surface area contributed by atoms with Crippen molar-refractivity contribution in [1.29, 1.82) is 0 Å². The molecule has 92 valence electrons. The maximum atomic E-state index is 10.6. The van der Waals surface area contributed by atoms with E-state index in [1.165, 1.54) is 12.1 Å². The average Bonchev–Trinajstić information content (AvgIpc) is 2.81. The summed E-state index contributed by atoms with van der Waals surface area (Å²) in [4.78, 5) is 12.3. The first-order valence-corrected chi connectivity index (χ1v) is 5.85. The lowest BCUT2D eigenvalue weighted by Gasteiger charge is -2.26. The third kappa shape index (κ3) is 2.50. The first kappa shape index (κ1) is 12.1. The maximum Gasteiger partial charge on any atom is 0.271 e. The van der Waals surface area contributed by atoms with Crippen LogP contribution in [0, 0.1) is 10.1 Å². The summed E-state index contributed by atoms with van der Waals surface area (Å²) in [6.07, 6.45) is 1.06. The van der Waals surface area contributed by atoms with Crippen LogP contribution in [0.3, 0.4) is 0 Å². The van der Waals surface area contributed by atoms with Crippen LogP contribution in [0.15, 0.2) is 18.2 Å². The number of halogens is 1. The maximum absolute atomic E-state index is 10.6. The Morgan fingerprint density at radius 1 is 1.59 bits per heavy atom. The number of benzene rings is 1. The molecule has 1 heterocycles. The number of nitro groups is 1. The number of nitro benzene ring substituents is 1. The highest BCUT2D eigenvalue weighted by atomic mass is 35.5. The predicted octanol–water partition coefficient (Wildman–Crippen LogP) is 2.05. The van der Waals surface area contributed by atoms with Crippen molar-refractivity contribution in [1.82, 2.24) is 5.32 Å². The highest BCUT2D eigenvalue weighted by molar-refractivity contribution is 6.33. The van der Waals surface area contributed by atoms with Crippen LogP contribution >= 0.6 is 11.6 Å². The van der Waals surface area contributed by atoms with Gasteiger partial charge >= 0.3 is 0 Å². The van der Waals surface area contributed by atoms with Crippen molar-refractivity contribution in [2.24, 2.45) is 0 Å². The third-order valence-corrected chi connectivity index (χ3v) is 3.41. The number of hydrogen-bond acceptors (Lipinski definition) is 4. The number of likely N-dealkylation sites (N-methyl/N-ethyl adjacent to an activating group) is 1.